The maximum absolute atomic E-state index is 13.3. The van der Waals surface area contributed by atoms with Gasteiger partial charge in [-0.3, -0.25) is 9.59 Å². The second-order valence-corrected chi connectivity index (χ2v) is 11.1. The van der Waals surface area contributed by atoms with Gasteiger partial charge in [0.25, 0.3) is 5.91 Å². The van der Waals surface area contributed by atoms with Crippen LogP contribution in [0.1, 0.15) is 34.3 Å². The lowest BCUT2D eigenvalue weighted by atomic mass is 9.97. The predicted molar refractivity (Wildman–Crippen MR) is 128 cm³/mol. The summed E-state index contributed by atoms with van der Waals surface area (Å²) in [5.41, 5.74) is 8.40. The first kappa shape index (κ1) is 24.0. The number of nitrogens with zero attached hydrogens (tertiary/aromatic N) is 2. The number of nitrogens with two attached hydrogens (primary N) is 1. The Hall–Kier alpha value is -3.11. The zero-order valence-electron chi connectivity index (χ0n) is 19.4. The van der Waals surface area contributed by atoms with Crippen LogP contribution >= 0.6 is 0 Å². The average Bonchev–Trinajstić information content (AvgIpc) is 3.30. The van der Waals surface area contributed by atoms with Crippen molar-refractivity contribution in [2.45, 2.75) is 30.7 Å². The number of hydrogen-bond acceptors (Lipinski definition) is 6. The number of amides is 2. The first-order valence-corrected chi connectivity index (χ1v) is 12.7. The third kappa shape index (κ3) is 5.02. The third-order valence-corrected chi connectivity index (χ3v) is 8.09. The van der Waals surface area contributed by atoms with Crippen molar-refractivity contribution < 1.29 is 22.7 Å². The second-order valence-electron chi connectivity index (χ2n) is 8.92. The van der Waals surface area contributed by atoms with Crippen LogP contribution in [-0.4, -0.2) is 63.2 Å². The lowest BCUT2D eigenvalue weighted by molar-refractivity contribution is -0.123. The van der Waals surface area contributed by atoms with Crippen LogP contribution < -0.4 is 15.8 Å². The molecule has 1 unspecified atom stereocenters. The van der Waals surface area contributed by atoms with Crippen LogP contribution in [0.5, 0.6) is 5.75 Å². The molecule has 2 amide bonds. The largest absolute Gasteiger partial charge is 0.493 e. The lowest BCUT2D eigenvalue weighted by Crippen LogP contribution is -2.44. The van der Waals surface area contributed by atoms with Gasteiger partial charge >= 0.3 is 0 Å². The number of sulfonamides is 1. The predicted octanol–water partition coefficient (Wildman–Crippen LogP) is 1.82. The molecule has 2 aromatic carbocycles. The minimum absolute atomic E-state index is 0.0247. The number of anilines is 1. The number of benzene rings is 2. The van der Waals surface area contributed by atoms with E-state index in [1.807, 2.05) is 12.1 Å². The molecule has 4 rings (SSSR count). The monoisotopic (exact) mass is 486 g/mol. The molecule has 0 aliphatic carbocycles. The van der Waals surface area contributed by atoms with E-state index in [2.05, 4.69) is 11.4 Å². The molecule has 0 radical (unpaired) electrons. The number of likely N-dealkylation sites (tertiary alicyclic amines) is 1. The molecule has 2 aromatic rings. The summed E-state index contributed by atoms with van der Waals surface area (Å²) in [6, 6.07) is 10.5. The maximum atomic E-state index is 13.3. The number of hydrogen-bond donors (Lipinski definition) is 2. The number of primary amides is 1. The minimum atomic E-state index is -3.77. The summed E-state index contributed by atoms with van der Waals surface area (Å²) >= 11 is 0. The summed E-state index contributed by atoms with van der Waals surface area (Å²) in [7, 11) is -0.869. The number of piperidine rings is 1. The van der Waals surface area contributed by atoms with Crippen LogP contribution in [0.4, 0.5) is 5.69 Å². The fourth-order valence-electron chi connectivity index (χ4n) is 4.31. The highest BCUT2D eigenvalue weighted by Gasteiger charge is 2.29. The molecule has 2 heterocycles. The Morgan fingerprint density at radius 2 is 2.00 bits per heavy atom. The zero-order valence-corrected chi connectivity index (χ0v) is 20.2. The van der Waals surface area contributed by atoms with Gasteiger partial charge in [-0.2, -0.15) is 0 Å². The first-order valence-electron chi connectivity index (χ1n) is 11.3. The normalized spacial score (nSPS) is 17.9. The number of rotatable bonds is 7. The molecule has 34 heavy (non-hydrogen) atoms. The van der Waals surface area contributed by atoms with Gasteiger partial charge in [0.1, 0.15) is 5.75 Å². The smallest absolute Gasteiger partial charge is 0.253 e. The SMILES string of the molecule is CN(C)S(=O)(=O)c1cc(NCc2ccc3c(c2)CCO3)cc(C(=O)N2CCCC(C(N)=O)C2)c1. The van der Waals surface area contributed by atoms with E-state index in [-0.39, 0.29) is 22.9 Å². The molecular weight excluding hydrogens is 456 g/mol. The molecule has 182 valence electrons. The summed E-state index contributed by atoms with van der Waals surface area (Å²) in [6.07, 6.45) is 2.18. The molecule has 0 saturated carbocycles. The van der Waals surface area contributed by atoms with Crippen molar-refractivity contribution in [1.82, 2.24) is 9.21 Å². The zero-order chi connectivity index (χ0) is 24.5. The van der Waals surface area contributed by atoms with Crippen molar-refractivity contribution in [1.29, 1.82) is 0 Å². The van der Waals surface area contributed by atoms with Crippen LogP contribution in [0.15, 0.2) is 41.3 Å². The van der Waals surface area contributed by atoms with Gasteiger partial charge in [-0.1, -0.05) is 12.1 Å². The molecule has 0 aromatic heterocycles. The Labute approximate surface area is 199 Å². The Morgan fingerprint density at radius 3 is 2.74 bits per heavy atom. The third-order valence-electron chi connectivity index (χ3n) is 6.29. The van der Waals surface area contributed by atoms with Crippen LogP contribution in [0.2, 0.25) is 0 Å². The van der Waals surface area contributed by atoms with Gasteiger partial charge in [-0.05, 0) is 48.2 Å². The number of carbonyl (C=O) groups is 2. The molecule has 2 aliphatic rings. The van der Waals surface area contributed by atoms with Gasteiger partial charge in [-0.15, -0.1) is 0 Å². The van der Waals surface area contributed by atoms with Gasteiger partial charge in [0.2, 0.25) is 15.9 Å². The minimum Gasteiger partial charge on any atom is -0.493 e. The molecule has 1 atom stereocenters. The van der Waals surface area contributed by atoms with E-state index in [1.54, 1.807) is 11.0 Å². The second kappa shape index (κ2) is 9.63. The molecule has 9 nitrogen and oxygen atoms in total. The maximum Gasteiger partial charge on any atom is 0.253 e. The van der Waals surface area contributed by atoms with E-state index in [4.69, 9.17) is 10.5 Å². The fraction of sp³-hybridized carbons (Fsp3) is 0.417. The highest BCUT2D eigenvalue weighted by molar-refractivity contribution is 7.89. The van der Waals surface area contributed by atoms with Gasteiger partial charge in [0, 0.05) is 51.4 Å². The molecular formula is C24H30N4O5S. The van der Waals surface area contributed by atoms with E-state index < -0.39 is 21.8 Å². The van der Waals surface area contributed by atoms with Crippen molar-refractivity contribution in [3.63, 3.8) is 0 Å². The molecule has 0 spiro atoms. The Kier molecular flexibility index (Phi) is 6.81. The highest BCUT2D eigenvalue weighted by atomic mass is 32.2. The summed E-state index contributed by atoms with van der Waals surface area (Å²) in [4.78, 5) is 26.5. The molecule has 2 aliphatic heterocycles. The summed E-state index contributed by atoms with van der Waals surface area (Å²) in [6.45, 7) is 1.86. The molecule has 1 fully saturated rings. The number of nitrogens with one attached hydrogen (secondary N) is 1. The van der Waals surface area contributed by atoms with Crippen LogP contribution in [0, 0.1) is 5.92 Å². The van der Waals surface area contributed by atoms with Crippen LogP contribution in [0.25, 0.3) is 0 Å². The fourth-order valence-corrected chi connectivity index (χ4v) is 5.29. The van der Waals surface area contributed by atoms with Crippen molar-refractivity contribution in [2.75, 3.05) is 39.1 Å². The van der Waals surface area contributed by atoms with Crippen LogP contribution in [0.3, 0.4) is 0 Å². The van der Waals surface area contributed by atoms with Crippen LogP contribution in [-0.2, 0) is 27.8 Å². The topological polar surface area (TPSA) is 122 Å². The summed E-state index contributed by atoms with van der Waals surface area (Å²) in [5, 5.41) is 3.26. The number of fused-ring (bicyclic) bond motifs is 1. The van der Waals surface area contributed by atoms with Crippen molar-refractivity contribution in [3.8, 4) is 5.75 Å². The van der Waals surface area contributed by atoms with Crippen molar-refractivity contribution in [3.05, 3.63) is 53.1 Å². The lowest BCUT2D eigenvalue weighted by Gasteiger charge is -2.31. The molecule has 0 bridgehead atoms. The Bertz CT molecular complexity index is 1210. The van der Waals surface area contributed by atoms with Crippen molar-refractivity contribution in [2.24, 2.45) is 11.7 Å². The van der Waals surface area contributed by atoms with E-state index in [9.17, 15) is 18.0 Å². The Morgan fingerprint density at radius 1 is 1.21 bits per heavy atom. The van der Waals surface area contributed by atoms with Gasteiger partial charge in [0.15, 0.2) is 0 Å². The molecule has 3 N–H and O–H groups in total. The van der Waals surface area contributed by atoms with E-state index in [0.717, 1.165) is 27.6 Å². The van der Waals surface area contributed by atoms with Gasteiger partial charge in [-0.25, -0.2) is 12.7 Å². The molecule has 10 heteroatoms. The average molecular weight is 487 g/mol. The van der Waals surface area contributed by atoms with E-state index >= 15 is 0 Å². The molecule has 1 saturated heterocycles. The van der Waals surface area contributed by atoms with E-state index in [1.165, 1.54) is 26.2 Å². The van der Waals surface area contributed by atoms with Gasteiger partial charge in [0.05, 0.1) is 17.4 Å². The van der Waals surface area contributed by atoms with Crippen molar-refractivity contribution >= 4 is 27.5 Å². The highest BCUT2D eigenvalue weighted by Crippen LogP contribution is 2.28. The van der Waals surface area contributed by atoms with E-state index in [0.29, 0.717) is 38.2 Å². The number of ether oxygens (including phenoxy) is 1. The summed E-state index contributed by atoms with van der Waals surface area (Å²) < 4.78 is 32.4. The summed E-state index contributed by atoms with van der Waals surface area (Å²) in [5.74, 6) is -0.248. The standard InChI is InChI=1S/C24H30N4O5S/c1-27(2)34(31,32)21-12-19(24(30)28-8-3-4-18(15-28)23(25)29)11-20(13-21)26-14-16-5-6-22-17(10-16)7-9-33-22/h5-6,10-13,18,26H,3-4,7-9,14-15H2,1-2H3,(H2,25,29). The first-order chi connectivity index (χ1) is 16.1. The Balaban J connectivity index is 1.61. The number of carbonyl (C=O) groups excluding carboxylic acids is 2. The quantitative estimate of drug-likeness (QED) is 0.616. The van der Waals surface area contributed by atoms with Gasteiger partial charge < -0.3 is 20.7 Å².